The summed E-state index contributed by atoms with van der Waals surface area (Å²) in [7, 11) is 0. The zero-order valence-electron chi connectivity index (χ0n) is 45.2. The maximum atomic E-state index is 13.6. The second kappa shape index (κ2) is 19.2. The van der Waals surface area contributed by atoms with E-state index in [0.717, 1.165) is 84.3 Å². The van der Waals surface area contributed by atoms with Crippen molar-refractivity contribution in [2.24, 2.45) is 28.4 Å². The average molecular weight is 995 g/mol. The van der Waals surface area contributed by atoms with E-state index in [0.29, 0.717) is 61.2 Å². The zero-order valence-corrected chi connectivity index (χ0v) is 45.2. The number of aryl methyl sites for hydroxylation is 2. The zero-order chi connectivity index (χ0) is 51.7. The molecular formula is C62H78N10O2. The highest BCUT2D eigenvalue weighted by molar-refractivity contribution is 6.10. The molecule has 7 aromatic rings. The van der Waals surface area contributed by atoms with Gasteiger partial charge in [-0.25, -0.2) is 9.36 Å². The molecule has 3 heterocycles. The smallest absolute Gasteiger partial charge is 0.241 e. The van der Waals surface area contributed by atoms with E-state index in [-0.39, 0.29) is 46.6 Å². The predicted octanol–water partition coefficient (Wildman–Crippen LogP) is 11.2. The molecule has 2 amide bonds. The normalized spacial score (nSPS) is 25.4. The van der Waals surface area contributed by atoms with Crippen LogP contribution in [0.2, 0.25) is 0 Å². The van der Waals surface area contributed by atoms with Crippen molar-refractivity contribution in [3.05, 3.63) is 119 Å². The van der Waals surface area contributed by atoms with E-state index in [2.05, 4.69) is 164 Å². The number of hydrogen-bond donors (Lipinski definition) is 3. The molecule has 0 saturated heterocycles. The van der Waals surface area contributed by atoms with Crippen LogP contribution in [0.1, 0.15) is 152 Å². The number of nitrogens with zero attached hydrogens (tertiary/aromatic N) is 7. The van der Waals surface area contributed by atoms with Gasteiger partial charge in [0.05, 0.1) is 12.4 Å². The van der Waals surface area contributed by atoms with E-state index in [1.54, 1.807) is 9.36 Å². The fourth-order valence-electron chi connectivity index (χ4n) is 15.2. The summed E-state index contributed by atoms with van der Waals surface area (Å²) >= 11 is 0. The number of rotatable bonds is 14. The van der Waals surface area contributed by atoms with Crippen molar-refractivity contribution >= 4 is 33.6 Å². The minimum absolute atomic E-state index is 0.0121. The first-order valence-corrected chi connectivity index (χ1v) is 27.9. The third kappa shape index (κ3) is 8.86. The van der Waals surface area contributed by atoms with Crippen LogP contribution in [0.4, 0.5) is 0 Å². The lowest BCUT2D eigenvalue weighted by atomic mass is 9.49. The number of carbonyl (C=O) groups is 2. The summed E-state index contributed by atoms with van der Waals surface area (Å²) in [6, 6.07) is 27.1. The quantitative estimate of drug-likeness (QED) is 0.0981. The van der Waals surface area contributed by atoms with E-state index in [4.69, 9.17) is 5.73 Å². The van der Waals surface area contributed by atoms with Gasteiger partial charge in [0.25, 0.3) is 0 Å². The van der Waals surface area contributed by atoms with Crippen LogP contribution in [-0.2, 0) is 52.9 Å². The molecule has 4 aliphatic carbocycles. The molecule has 12 heteroatoms. The fraction of sp³-hybridized carbons (Fsp3) is 0.516. The van der Waals surface area contributed by atoms with Gasteiger partial charge in [0, 0.05) is 59.1 Å². The van der Waals surface area contributed by atoms with Gasteiger partial charge in [-0.05, 0) is 142 Å². The van der Waals surface area contributed by atoms with Crippen molar-refractivity contribution in [1.82, 2.24) is 45.2 Å². The van der Waals surface area contributed by atoms with Crippen LogP contribution in [0.25, 0.3) is 44.3 Å². The SMILES string of the molecule is CC(C)c1ccc2c(c1)CC[C@H]1[C@](C)(CNC(=O)Cn3cc(-c4ccc5c6ccc(-c7cn(CC(=O)NC[C@]8(C)CCC[C@]9(C)c%10ccc(C(C)C)cc%10CC[C@@H]89)nn7)cc6n(CCN)c5c4)nn3)CCC[C@]21C. The number of nitrogens with two attached hydrogens (primary N) is 1. The van der Waals surface area contributed by atoms with Crippen molar-refractivity contribution in [3.8, 4) is 22.5 Å². The Morgan fingerprint density at radius 1 is 0.622 bits per heavy atom. The number of amides is 2. The molecule has 0 spiro atoms. The molecule has 6 atom stereocenters. The first kappa shape index (κ1) is 50.0. The Morgan fingerprint density at radius 3 is 1.49 bits per heavy atom. The summed E-state index contributed by atoms with van der Waals surface area (Å²) < 4.78 is 5.55. The molecule has 4 aromatic carbocycles. The van der Waals surface area contributed by atoms with Gasteiger partial charge in [-0.1, -0.05) is 139 Å². The van der Waals surface area contributed by atoms with Gasteiger partial charge in [-0.15, -0.1) is 10.2 Å². The second-order valence-electron chi connectivity index (χ2n) is 24.7. The van der Waals surface area contributed by atoms with Crippen LogP contribution in [0, 0.1) is 22.7 Å². The summed E-state index contributed by atoms with van der Waals surface area (Å²) in [5.74, 6) is 1.96. The number of hydrogen-bond acceptors (Lipinski definition) is 7. The molecule has 3 aromatic heterocycles. The molecule has 4 aliphatic rings. The monoisotopic (exact) mass is 995 g/mol. The Bertz CT molecular complexity index is 3060. The summed E-state index contributed by atoms with van der Waals surface area (Å²) in [6.07, 6.45) is 15.2. The highest BCUT2D eigenvalue weighted by Gasteiger charge is 2.53. The van der Waals surface area contributed by atoms with Gasteiger partial charge in [0.2, 0.25) is 11.8 Å². The first-order valence-electron chi connectivity index (χ1n) is 27.9. The number of carbonyl (C=O) groups excluding carboxylic acids is 2. The highest BCUT2D eigenvalue weighted by Crippen LogP contribution is 2.58. The Labute approximate surface area is 437 Å². The lowest BCUT2D eigenvalue weighted by molar-refractivity contribution is -0.123. The Morgan fingerprint density at radius 2 is 1.07 bits per heavy atom. The van der Waals surface area contributed by atoms with Crippen molar-refractivity contribution in [2.45, 2.75) is 162 Å². The first-order chi connectivity index (χ1) is 35.5. The lowest BCUT2D eigenvalue weighted by Gasteiger charge is -2.55. The molecule has 12 nitrogen and oxygen atoms in total. The largest absolute Gasteiger partial charge is 0.354 e. The Kier molecular flexibility index (Phi) is 13.0. The number of fused-ring (bicyclic) bond motifs is 9. The maximum Gasteiger partial charge on any atom is 0.241 e. The Hall–Kier alpha value is -6.14. The van der Waals surface area contributed by atoms with Gasteiger partial charge < -0.3 is 20.9 Å². The van der Waals surface area contributed by atoms with Crippen molar-refractivity contribution in [3.63, 3.8) is 0 Å². The minimum atomic E-state index is -0.0479. The van der Waals surface area contributed by atoms with Crippen molar-refractivity contribution < 1.29 is 9.59 Å². The fourth-order valence-corrected chi connectivity index (χ4v) is 15.2. The molecule has 388 valence electrons. The number of benzene rings is 4. The average Bonchev–Trinajstić information content (AvgIpc) is 4.13. The molecule has 2 saturated carbocycles. The van der Waals surface area contributed by atoms with E-state index < -0.39 is 0 Å². The van der Waals surface area contributed by atoms with Crippen LogP contribution < -0.4 is 16.4 Å². The van der Waals surface area contributed by atoms with Crippen LogP contribution in [0.15, 0.2) is 85.2 Å². The number of aromatic nitrogens is 7. The molecule has 0 radical (unpaired) electrons. The minimum Gasteiger partial charge on any atom is -0.354 e. The van der Waals surface area contributed by atoms with Crippen LogP contribution >= 0.6 is 0 Å². The molecule has 0 unspecified atom stereocenters. The molecule has 74 heavy (non-hydrogen) atoms. The van der Waals surface area contributed by atoms with Gasteiger partial charge in [0.15, 0.2) is 0 Å². The molecule has 2 fully saturated rings. The van der Waals surface area contributed by atoms with Gasteiger partial charge in [0.1, 0.15) is 24.5 Å². The second-order valence-corrected chi connectivity index (χ2v) is 24.7. The molecule has 11 rings (SSSR count). The van der Waals surface area contributed by atoms with E-state index >= 15 is 0 Å². The maximum absolute atomic E-state index is 13.6. The van der Waals surface area contributed by atoms with Crippen molar-refractivity contribution in [1.29, 1.82) is 0 Å². The molecule has 0 bridgehead atoms. The lowest BCUT2D eigenvalue weighted by Crippen LogP contribution is -2.53. The summed E-state index contributed by atoms with van der Waals surface area (Å²) in [6.45, 7) is 21.4. The van der Waals surface area contributed by atoms with Gasteiger partial charge in [-0.3, -0.25) is 9.59 Å². The standard InChI is InChI=1S/C62H78N10O2/c1-39(2)41-13-19-49-43(29-41)15-21-55-59(5,23-9-25-61(49,55)7)37-64-57(73)35-70-33-51(66-68-70)45-11-17-47-48-18-12-46(32-54(48)72(28-27-63)53(47)31-45)52-34-71(69-67-52)36-58(74)65-38-60(6)24-10-26-62(8)50-20-14-42(40(3)4)30-44(50)16-22-56(60)62/h11-14,17-20,29-34,39-40,55-56H,9-10,15-16,21-28,35-38,63H2,1-8H3,(H,64,73)(H,65,74)/t55-,56-,59-,60-,61+,62+/m0/s1. The number of nitrogens with one attached hydrogen (secondary N) is 2. The molecular weight excluding hydrogens is 917 g/mol. The Balaban J connectivity index is 0.739. The summed E-state index contributed by atoms with van der Waals surface area (Å²) in [4.78, 5) is 27.2. The van der Waals surface area contributed by atoms with Crippen LogP contribution in [0.3, 0.4) is 0 Å². The predicted molar refractivity (Wildman–Crippen MR) is 296 cm³/mol. The van der Waals surface area contributed by atoms with Crippen molar-refractivity contribution in [2.75, 3.05) is 19.6 Å². The van der Waals surface area contributed by atoms with E-state index in [9.17, 15) is 9.59 Å². The summed E-state index contributed by atoms with van der Waals surface area (Å²) in [5, 5.41) is 26.8. The third-order valence-corrected chi connectivity index (χ3v) is 19.2. The molecule has 0 aliphatic heterocycles. The van der Waals surface area contributed by atoms with E-state index in [1.807, 2.05) is 12.4 Å². The molecule has 4 N–H and O–H groups in total. The summed E-state index contributed by atoms with van der Waals surface area (Å²) in [5.41, 5.74) is 20.7. The third-order valence-electron chi connectivity index (χ3n) is 19.2. The highest BCUT2D eigenvalue weighted by atomic mass is 16.2. The van der Waals surface area contributed by atoms with E-state index in [1.165, 1.54) is 46.2 Å². The topological polar surface area (TPSA) is 151 Å². The van der Waals surface area contributed by atoms with Crippen LogP contribution in [0.5, 0.6) is 0 Å². The van der Waals surface area contributed by atoms with Gasteiger partial charge in [-0.2, -0.15) is 0 Å². The van der Waals surface area contributed by atoms with Gasteiger partial charge >= 0.3 is 0 Å². The van der Waals surface area contributed by atoms with Crippen LogP contribution in [-0.4, -0.2) is 66.0 Å².